The van der Waals surface area contributed by atoms with Gasteiger partial charge in [0.15, 0.2) is 5.82 Å². The minimum atomic E-state index is -0.309. The number of pyridine rings is 1. The Morgan fingerprint density at radius 3 is 2.81 bits per heavy atom. The highest BCUT2D eigenvalue weighted by Gasteiger charge is 2.33. The number of ether oxygens (including phenoxy) is 1. The van der Waals surface area contributed by atoms with Crippen molar-refractivity contribution in [3.8, 4) is 11.6 Å². The largest absolute Gasteiger partial charge is 0.487 e. The van der Waals surface area contributed by atoms with Crippen molar-refractivity contribution >= 4 is 11.7 Å². The molecule has 0 saturated heterocycles. The number of anilines is 1. The molecule has 160 valence electrons. The number of aryl methyl sites for hydroxylation is 1. The Morgan fingerprint density at radius 2 is 2.03 bits per heavy atom. The second-order valence-electron chi connectivity index (χ2n) is 7.53. The van der Waals surface area contributed by atoms with E-state index in [1.165, 1.54) is 6.07 Å². The summed E-state index contributed by atoms with van der Waals surface area (Å²) in [6.45, 7) is 2.25. The standard InChI is InChI=1S/C23H20N6O3/c1-14-22-18(15-5-4-7-17(11-15)32-13-16-6-2-3-10-24-16)12-21(31)25-23(22)29(28-14)19-8-9-20(30)27-26-19/h2-11,18H,12-13H2,1H3,(H,25,31)(H,27,30). The molecule has 5 rings (SSSR count). The van der Waals surface area contributed by atoms with Gasteiger partial charge in [-0.25, -0.2) is 5.10 Å². The monoisotopic (exact) mass is 428 g/mol. The molecule has 0 radical (unpaired) electrons. The number of rotatable bonds is 5. The third-order valence-electron chi connectivity index (χ3n) is 5.36. The summed E-state index contributed by atoms with van der Waals surface area (Å²) < 4.78 is 7.47. The third-order valence-corrected chi connectivity index (χ3v) is 5.36. The number of nitrogens with one attached hydrogen (secondary N) is 2. The van der Waals surface area contributed by atoms with Crippen LogP contribution in [-0.2, 0) is 11.4 Å². The van der Waals surface area contributed by atoms with Gasteiger partial charge < -0.3 is 10.1 Å². The number of aromatic nitrogens is 5. The molecular weight excluding hydrogens is 408 g/mol. The van der Waals surface area contributed by atoms with Gasteiger partial charge in [-0.1, -0.05) is 18.2 Å². The highest BCUT2D eigenvalue weighted by atomic mass is 16.5. The predicted octanol–water partition coefficient (Wildman–Crippen LogP) is 2.71. The maximum atomic E-state index is 12.6. The lowest BCUT2D eigenvalue weighted by Gasteiger charge is -2.24. The molecule has 9 nitrogen and oxygen atoms in total. The Kier molecular flexibility index (Phi) is 4.98. The molecule has 1 aromatic carbocycles. The van der Waals surface area contributed by atoms with Gasteiger partial charge in [-0.2, -0.15) is 14.9 Å². The van der Waals surface area contributed by atoms with E-state index in [4.69, 9.17) is 4.74 Å². The molecule has 0 spiro atoms. The highest BCUT2D eigenvalue weighted by molar-refractivity contribution is 5.95. The first-order valence-electron chi connectivity index (χ1n) is 10.2. The first kappa shape index (κ1) is 19.7. The Balaban J connectivity index is 1.49. The number of benzene rings is 1. The van der Waals surface area contributed by atoms with E-state index in [-0.39, 0.29) is 17.4 Å². The molecule has 0 saturated carbocycles. The molecule has 1 amide bonds. The van der Waals surface area contributed by atoms with E-state index in [2.05, 4.69) is 25.6 Å². The molecule has 1 atom stereocenters. The maximum absolute atomic E-state index is 12.6. The second-order valence-corrected chi connectivity index (χ2v) is 7.53. The van der Waals surface area contributed by atoms with Gasteiger partial charge in [0, 0.05) is 30.2 Å². The summed E-state index contributed by atoms with van der Waals surface area (Å²) in [5, 5.41) is 13.9. The Morgan fingerprint density at radius 1 is 1.12 bits per heavy atom. The van der Waals surface area contributed by atoms with Gasteiger partial charge in [-0.15, -0.1) is 0 Å². The number of H-pyrrole nitrogens is 1. The summed E-state index contributed by atoms with van der Waals surface area (Å²) in [5.74, 6) is 1.38. The van der Waals surface area contributed by atoms with E-state index in [0.29, 0.717) is 30.4 Å². The van der Waals surface area contributed by atoms with Gasteiger partial charge in [0.1, 0.15) is 18.2 Å². The minimum Gasteiger partial charge on any atom is -0.487 e. The van der Waals surface area contributed by atoms with Gasteiger partial charge in [0.2, 0.25) is 5.91 Å². The zero-order valence-corrected chi connectivity index (χ0v) is 17.3. The lowest BCUT2D eigenvalue weighted by Crippen LogP contribution is -2.25. The molecule has 0 bridgehead atoms. The van der Waals surface area contributed by atoms with Gasteiger partial charge in [0.25, 0.3) is 5.56 Å². The van der Waals surface area contributed by atoms with E-state index >= 15 is 0 Å². The second kappa shape index (κ2) is 8.10. The number of hydrogen-bond donors (Lipinski definition) is 2. The van der Waals surface area contributed by atoms with Crippen LogP contribution >= 0.6 is 0 Å². The van der Waals surface area contributed by atoms with Gasteiger partial charge in [-0.3, -0.25) is 14.6 Å². The topological polar surface area (TPSA) is 115 Å². The molecule has 1 unspecified atom stereocenters. The minimum absolute atomic E-state index is 0.118. The summed E-state index contributed by atoms with van der Waals surface area (Å²) in [5.41, 5.74) is 3.17. The lowest BCUT2D eigenvalue weighted by molar-refractivity contribution is -0.116. The van der Waals surface area contributed by atoms with Gasteiger partial charge in [-0.05, 0) is 42.8 Å². The van der Waals surface area contributed by atoms with E-state index in [1.807, 2.05) is 49.4 Å². The summed E-state index contributed by atoms with van der Waals surface area (Å²) in [6.07, 6.45) is 2.03. The van der Waals surface area contributed by atoms with Crippen LogP contribution < -0.4 is 15.6 Å². The summed E-state index contributed by atoms with van der Waals surface area (Å²) >= 11 is 0. The molecule has 1 aliphatic rings. The fraction of sp³-hybridized carbons (Fsp3) is 0.174. The fourth-order valence-electron chi connectivity index (χ4n) is 3.91. The van der Waals surface area contributed by atoms with E-state index in [0.717, 1.165) is 22.5 Å². The Hall–Kier alpha value is -4.27. The molecular formula is C23H20N6O3. The van der Waals surface area contributed by atoms with Crippen molar-refractivity contribution in [2.24, 2.45) is 0 Å². The Labute approximate surface area is 183 Å². The number of aromatic amines is 1. The predicted molar refractivity (Wildman–Crippen MR) is 117 cm³/mol. The van der Waals surface area contributed by atoms with Crippen LogP contribution in [0.4, 0.5) is 5.82 Å². The van der Waals surface area contributed by atoms with Gasteiger partial charge in [0.05, 0.1) is 11.4 Å². The van der Waals surface area contributed by atoms with Crippen LogP contribution in [0.5, 0.6) is 5.75 Å². The third kappa shape index (κ3) is 3.76. The number of fused-ring (bicyclic) bond motifs is 1. The van der Waals surface area contributed by atoms with Crippen molar-refractivity contribution in [3.05, 3.63) is 93.7 Å². The zero-order chi connectivity index (χ0) is 22.1. The van der Waals surface area contributed by atoms with E-state index < -0.39 is 0 Å². The average molecular weight is 428 g/mol. The lowest BCUT2D eigenvalue weighted by atomic mass is 9.86. The smallest absolute Gasteiger partial charge is 0.264 e. The highest BCUT2D eigenvalue weighted by Crippen LogP contribution is 2.40. The van der Waals surface area contributed by atoms with Crippen LogP contribution in [0.1, 0.15) is 34.9 Å². The number of carbonyl (C=O) groups excluding carboxylic acids is 1. The first-order valence-corrected chi connectivity index (χ1v) is 10.2. The number of nitrogens with zero attached hydrogens (tertiary/aromatic N) is 4. The van der Waals surface area contributed by atoms with E-state index in [9.17, 15) is 9.59 Å². The molecule has 0 aliphatic carbocycles. The van der Waals surface area contributed by atoms with Crippen LogP contribution in [0.2, 0.25) is 0 Å². The van der Waals surface area contributed by atoms with Crippen molar-refractivity contribution in [2.45, 2.75) is 25.9 Å². The summed E-state index contributed by atoms with van der Waals surface area (Å²) in [7, 11) is 0. The normalized spacial score (nSPS) is 15.2. The van der Waals surface area contributed by atoms with E-state index in [1.54, 1.807) is 16.9 Å². The number of hydrogen-bond acceptors (Lipinski definition) is 6. The van der Waals surface area contributed by atoms with Crippen LogP contribution in [0, 0.1) is 6.92 Å². The molecule has 2 N–H and O–H groups in total. The fourth-order valence-corrected chi connectivity index (χ4v) is 3.91. The first-order chi connectivity index (χ1) is 15.6. The van der Waals surface area contributed by atoms with Gasteiger partial charge >= 0.3 is 0 Å². The van der Waals surface area contributed by atoms with Crippen molar-refractivity contribution in [3.63, 3.8) is 0 Å². The number of amides is 1. The SMILES string of the molecule is Cc1nn(-c2ccc(=O)[nH]n2)c2c1C(c1cccc(OCc3ccccn3)c1)CC(=O)N2. The molecule has 32 heavy (non-hydrogen) atoms. The summed E-state index contributed by atoms with van der Waals surface area (Å²) in [6, 6.07) is 16.4. The van der Waals surface area contributed by atoms with Crippen molar-refractivity contribution in [1.82, 2.24) is 25.0 Å². The van der Waals surface area contributed by atoms with Crippen molar-refractivity contribution < 1.29 is 9.53 Å². The maximum Gasteiger partial charge on any atom is 0.264 e. The van der Waals surface area contributed by atoms with Crippen LogP contribution in [-0.4, -0.2) is 30.9 Å². The Bertz CT molecular complexity index is 1330. The van der Waals surface area contributed by atoms with Crippen molar-refractivity contribution in [2.75, 3.05) is 5.32 Å². The van der Waals surface area contributed by atoms with Crippen LogP contribution in [0.15, 0.2) is 65.6 Å². The quantitative estimate of drug-likeness (QED) is 0.505. The molecule has 3 aromatic heterocycles. The number of carbonyl (C=O) groups is 1. The summed E-state index contributed by atoms with van der Waals surface area (Å²) in [4.78, 5) is 28.2. The van der Waals surface area contributed by atoms with Crippen LogP contribution in [0.25, 0.3) is 5.82 Å². The van der Waals surface area contributed by atoms with Crippen LogP contribution in [0.3, 0.4) is 0 Å². The molecule has 4 aromatic rings. The molecule has 9 heteroatoms. The molecule has 4 heterocycles. The molecule has 0 fully saturated rings. The average Bonchev–Trinajstić information content (AvgIpc) is 3.14. The zero-order valence-electron chi connectivity index (χ0n) is 17.3. The molecule has 1 aliphatic heterocycles. The van der Waals surface area contributed by atoms with Crippen molar-refractivity contribution in [1.29, 1.82) is 0 Å².